The van der Waals surface area contributed by atoms with Gasteiger partial charge in [-0.15, -0.1) is 0 Å². The van der Waals surface area contributed by atoms with E-state index in [0.717, 1.165) is 12.1 Å². The van der Waals surface area contributed by atoms with Crippen molar-refractivity contribution in [1.29, 1.82) is 0 Å². The molecule has 0 spiro atoms. The van der Waals surface area contributed by atoms with Gasteiger partial charge in [0.05, 0.1) is 4.90 Å². The maximum atomic E-state index is 13.4. The topological polar surface area (TPSA) is 78.0 Å². The van der Waals surface area contributed by atoms with Crippen molar-refractivity contribution < 1.29 is 26.8 Å². The zero-order valence-corrected chi connectivity index (χ0v) is 18.1. The monoisotopic (exact) mass is 463 g/mol. The van der Waals surface area contributed by atoms with E-state index in [1.807, 2.05) is 0 Å². The highest BCUT2D eigenvalue weighted by atomic mass is 32.2. The van der Waals surface area contributed by atoms with Crippen LogP contribution in [0.2, 0.25) is 0 Å². The number of sulfonamides is 1. The van der Waals surface area contributed by atoms with Crippen LogP contribution in [0.15, 0.2) is 53.4 Å². The summed E-state index contributed by atoms with van der Waals surface area (Å²) in [4.78, 5) is 28.3. The molecule has 0 radical (unpaired) electrons. The maximum absolute atomic E-state index is 13.4. The summed E-state index contributed by atoms with van der Waals surface area (Å²) in [6, 6.07) is 10.3. The molecule has 7 nitrogen and oxygen atoms in total. The van der Waals surface area contributed by atoms with E-state index in [2.05, 4.69) is 0 Å². The smallest absolute Gasteiger partial charge is 0.312 e. The minimum atomic E-state index is -3.75. The fourth-order valence-corrected chi connectivity index (χ4v) is 5.66. The normalized spacial score (nSPS) is 18.9. The van der Waals surface area contributed by atoms with Gasteiger partial charge in [0, 0.05) is 38.8 Å². The predicted octanol–water partition coefficient (Wildman–Crippen LogP) is 1.99. The van der Waals surface area contributed by atoms with Gasteiger partial charge in [0.1, 0.15) is 11.6 Å². The summed E-state index contributed by atoms with van der Waals surface area (Å²) in [7, 11) is -3.75. The van der Waals surface area contributed by atoms with Gasteiger partial charge in [0.2, 0.25) is 10.0 Å². The average Bonchev–Trinajstić information content (AvgIpc) is 2.78. The van der Waals surface area contributed by atoms with Crippen molar-refractivity contribution >= 4 is 21.8 Å². The summed E-state index contributed by atoms with van der Waals surface area (Å²) < 4.78 is 53.4. The molecule has 2 amide bonds. The SMILES string of the molecule is O=C1C(=O)N(C2CCN(S(=O)(=O)c3ccc(F)cc3)CC2)CCN1Cc1cccc(F)c1. The quantitative estimate of drug-likeness (QED) is 0.636. The Hall–Kier alpha value is -2.85. The first kappa shape index (κ1) is 22.3. The molecule has 2 heterocycles. The Balaban J connectivity index is 1.36. The third-order valence-electron chi connectivity index (χ3n) is 5.92. The number of piperazine rings is 1. The maximum Gasteiger partial charge on any atom is 0.312 e. The van der Waals surface area contributed by atoms with E-state index in [0.29, 0.717) is 31.5 Å². The summed E-state index contributed by atoms with van der Waals surface area (Å²) >= 11 is 0. The highest BCUT2D eigenvalue weighted by molar-refractivity contribution is 7.89. The minimum Gasteiger partial charge on any atom is -0.330 e. The number of carbonyl (C=O) groups is 2. The first-order chi connectivity index (χ1) is 15.3. The van der Waals surface area contributed by atoms with E-state index in [1.165, 1.54) is 38.4 Å². The third kappa shape index (κ3) is 4.51. The molecule has 0 saturated carbocycles. The number of amides is 2. The molecule has 170 valence electrons. The molecule has 0 bridgehead atoms. The second-order valence-electron chi connectivity index (χ2n) is 7.94. The van der Waals surface area contributed by atoms with Crippen LogP contribution < -0.4 is 0 Å². The molecular weight excluding hydrogens is 440 g/mol. The van der Waals surface area contributed by atoms with Crippen molar-refractivity contribution in [1.82, 2.24) is 14.1 Å². The number of hydrogen-bond donors (Lipinski definition) is 0. The van der Waals surface area contributed by atoms with Crippen LogP contribution in [0, 0.1) is 11.6 Å². The minimum absolute atomic E-state index is 0.0227. The van der Waals surface area contributed by atoms with Crippen LogP contribution in [0.1, 0.15) is 18.4 Å². The Kier molecular flexibility index (Phi) is 6.25. The second kappa shape index (κ2) is 8.95. The van der Waals surface area contributed by atoms with Crippen LogP contribution in [-0.4, -0.2) is 66.6 Å². The Morgan fingerprint density at radius 1 is 0.844 bits per heavy atom. The molecular formula is C22H23F2N3O4S. The summed E-state index contributed by atoms with van der Waals surface area (Å²) in [6.07, 6.45) is 0.812. The lowest BCUT2D eigenvalue weighted by atomic mass is 10.0. The molecule has 0 aliphatic carbocycles. The molecule has 0 N–H and O–H groups in total. The molecule has 2 aliphatic rings. The number of halogens is 2. The van der Waals surface area contributed by atoms with E-state index >= 15 is 0 Å². The highest BCUT2D eigenvalue weighted by Gasteiger charge is 2.39. The third-order valence-corrected chi connectivity index (χ3v) is 7.83. The van der Waals surface area contributed by atoms with E-state index < -0.39 is 33.5 Å². The lowest BCUT2D eigenvalue weighted by molar-refractivity contribution is -0.158. The van der Waals surface area contributed by atoms with Crippen LogP contribution in [-0.2, 0) is 26.2 Å². The van der Waals surface area contributed by atoms with Crippen LogP contribution >= 0.6 is 0 Å². The molecule has 32 heavy (non-hydrogen) atoms. The molecule has 2 saturated heterocycles. The Morgan fingerprint density at radius 3 is 2.19 bits per heavy atom. The van der Waals surface area contributed by atoms with Crippen LogP contribution in [0.5, 0.6) is 0 Å². The highest BCUT2D eigenvalue weighted by Crippen LogP contribution is 2.25. The van der Waals surface area contributed by atoms with E-state index in [-0.39, 0.29) is 30.6 Å². The Labute approximate surface area is 185 Å². The lowest BCUT2D eigenvalue weighted by Crippen LogP contribution is -2.58. The summed E-state index contributed by atoms with van der Waals surface area (Å²) in [6.45, 7) is 1.24. The van der Waals surface area contributed by atoms with Crippen molar-refractivity contribution in [3.05, 3.63) is 65.7 Å². The van der Waals surface area contributed by atoms with Crippen LogP contribution in [0.3, 0.4) is 0 Å². The fraction of sp³-hybridized carbons (Fsp3) is 0.364. The summed E-state index contributed by atoms with van der Waals surface area (Å²) in [5.74, 6) is -2.17. The number of piperidine rings is 1. The van der Waals surface area contributed by atoms with Gasteiger partial charge in [-0.1, -0.05) is 12.1 Å². The van der Waals surface area contributed by atoms with E-state index in [9.17, 15) is 26.8 Å². The standard InChI is InChI=1S/C22H23F2N3O4S/c23-17-4-6-20(7-5-17)32(30,31)26-10-8-19(9-11-26)27-13-12-25(21(28)22(27)29)15-16-2-1-3-18(24)14-16/h1-7,14,19H,8-13,15H2. The van der Waals surface area contributed by atoms with Gasteiger partial charge in [-0.25, -0.2) is 17.2 Å². The van der Waals surface area contributed by atoms with Gasteiger partial charge in [0.15, 0.2) is 0 Å². The molecule has 10 heteroatoms. The molecule has 2 fully saturated rings. The fourth-order valence-electron chi connectivity index (χ4n) is 4.19. The largest absolute Gasteiger partial charge is 0.330 e. The number of nitrogens with zero attached hydrogens (tertiary/aromatic N) is 3. The molecule has 0 aromatic heterocycles. The molecule has 2 aromatic carbocycles. The van der Waals surface area contributed by atoms with E-state index in [4.69, 9.17) is 0 Å². The second-order valence-corrected chi connectivity index (χ2v) is 9.88. The van der Waals surface area contributed by atoms with Gasteiger partial charge in [-0.3, -0.25) is 9.59 Å². The lowest BCUT2D eigenvalue weighted by Gasteiger charge is -2.41. The summed E-state index contributed by atoms with van der Waals surface area (Å²) in [5.41, 5.74) is 0.610. The molecule has 0 atom stereocenters. The van der Waals surface area contributed by atoms with Crippen molar-refractivity contribution in [2.75, 3.05) is 26.2 Å². The predicted molar refractivity (Wildman–Crippen MR) is 112 cm³/mol. The Morgan fingerprint density at radius 2 is 1.53 bits per heavy atom. The van der Waals surface area contributed by atoms with Gasteiger partial charge in [-0.05, 0) is 54.8 Å². The summed E-state index contributed by atoms with van der Waals surface area (Å²) in [5, 5.41) is 0. The number of hydrogen-bond acceptors (Lipinski definition) is 4. The van der Waals surface area contributed by atoms with Crippen molar-refractivity contribution in [2.45, 2.75) is 30.3 Å². The average molecular weight is 464 g/mol. The molecule has 2 aromatic rings. The zero-order valence-electron chi connectivity index (χ0n) is 17.3. The van der Waals surface area contributed by atoms with Gasteiger partial charge in [0.25, 0.3) is 0 Å². The van der Waals surface area contributed by atoms with Crippen molar-refractivity contribution in [3.63, 3.8) is 0 Å². The first-order valence-electron chi connectivity index (χ1n) is 10.4. The van der Waals surface area contributed by atoms with Crippen LogP contribution in [0.4, 0.5) is 8.78 Å². The van der Waals surface area contributed by atoms with Gasteiger partial charge in [-0.2, -0.15) is 4.31 Å². The van der Waals surface area contributed by atoms with Gasteiger partial charge >= 0.3 is 11.8 Å². The van der Waals surface area contributed by atoms with Crippen molar-refractivity contribution in [3.8, 4) is 0 Å². The van der Waals surface area contributed by atoms with Crippen LogP contribution in [0.25, 0.3) is 0 Å². The first-order valence-corrected chi connectivity index (χ1v) is 11.8. The van der Waals surface area contributed by atoms with Gasteiger partial charge < -0.3 is 9.80 Å². The molecule has 2 aliphatic heterocycles. The zero-order chi connectivity index (χ0) is 22.9. The van der Waals surface area contributed by atoms with Crippen molar-refractivity contribution in [2.24, 2.45) is 0 Å². The van der Waals surface area contributed by atoms with E-state index in [1.54, 1.807) is 12.1 Å². The number of rotatable bonds is 5. The Bertz CT molecular complexity index is 1120. The number of carbonyl (C=O) groups excluding carboxylic acids is 2. The molecule has 0 unspecified atom stereocenters. The number of benzene rings is 2. The molecule has 4 rings (SSSR count).